The van der Waals surface area contributed by atoms with Crippen LogP contribution >= 0.6 is 11.3 Å². The topological polar surface area (TPSA) is 74.7 Å². The average Bonchev–Trinajstić information content (AvgIpc) is 3.43. The van der Waals surface area contributed by atoms with Crippen LogP contribution in [-0.2, 0) is 0 Å². The van der Waals surface area contributed by atoms with Gasteiger partial charge in [0.2, 0.25) is 0 Å². The Hall–Kier alpha value is -3.42. The Bertz CT molecular complexity index is 1290. The van der Waals surface area contributed by atoms with Crippen molar-refractivity contribution in [1.82, 2.24) is 20.2 Å². The number of benzene rings is 2. The molecule has 5 aromatic rings. The maximum atomic E-state index is 14.9. The highest BCUT2D eigenvalue weighted by Gasteiger charge is 2.24. The Morgan fingerprint density at radius 3 is 2.45 bits per heavy atom. The molecule has 0 aliphatic rings. The van der Waals surface area contributed by atoms with Gasteiger partial charge in [-0.2, -0.15) is 0 Å². The Balaban J connectivity index is 1.67. The highest BCUT2D eigenvalue weighted by atomic mass is 32.1. The van der Waals surface area contributed by atoms with Crippen LogP contribution in [0.5, 0.6) is 0 Å². The molecule has 7 heteroatoms. The summed E-state index contributed by atoms with van der Waals surface area (Å²) >= 11 is 1.46. The molecule has 5 nitrogen and oxygen atoms in total. The molecular formula is C22H15FN4OS. The van der Waals surface area contributed by atoms with E-state index in [-0.39, 0.29) is 5.56 Å². The number of hydrogen-bond donors (Lipinski definition) is 2. The van der Waals surface area contributed by atoms with Crippen molar-refractivity contribution < 1.29 is 9.50 Å². The predicted molar refractivity (Wildman–Crippen MR) is 111 cm³/mol. The van der Waals surface area contributed by atoms with Crippen LogP contribution in [0.25, 0.3) is 31.9 Å². The van der Waals surface area contributed by atoms with E-state index in [0.717, 1.165) is 26.1 Å². The number of hydrogen-bond acceptors (Lipinski definition) is 5. The zero-order chi connectivity index (χ0) is 19.8. The fourth-order valence-corrected chi connectivity index (χ4v) is 4.52. The summed E-state index contributed by atoms with van der Waals surface area (Å²) in [7, 11) is 0. The molecule has 1 unspecified atom stereocenters. The number of H-pyrrole nitrogens is 1. The minimum atomic E-state index is -1.15. The lowest BCUT2D eigenvalue weighted by atomic mass is 9.97. The Labute approximate surface area is 169 Å². The number of aromatic amines is 1. The van der Waals surface area contributed by atoms with E-state index >= 15 is 0 Å². The van der Waals surface area contributed by atoms with Gasteiger partial charge in [-0.05, 0) is 46.7 Å². The fraction of sp³-hybridized carbons (Fsp3) is 0.0455. The lowest BCUT2D eigenvalue weighted by Gasteiger charge is -2.13. The molecule has 0 fully saturated rings. The molecule has 142 valence electrons. The number of halogens is 1. The summed E-state index contributed by atoms with van der Waals surface area (Å²) in [4.78, 5) is 8.67. The van der Waals surface area contributed by atoms with E-state index in [2.05, 4.69) is 20.2 Å². The number of aliphatic hydroxyl groups is 1. The number of nitrogens with one attached hydrogen (secondary N) is 1. The summed E-state index contributed by atoms with van der Waals surface area (Å²) in [5, 5.41) is 20.8. The van der Waals surface area contributed by atoms with Crippen LogP contribution in [0.4, 0.5) is 4.39 Å². The smallest absolute Gasteiger partial charge is 0.171 e. The molecule has 5 rings (SSSR count). The van der Waals surface area contributed by atoms with Crippen LogP contribution in [0.3, 0.4) is 0 Å². The Kier molecular flexibility index (Phi) is 4.38. The van der Waals surface area contributed by atoms with Crippen LogP contribution in [0.2, 0.25) is 0 Å². The van der Waals surface area contributed by atoms with E-state index in [1.54, 1.807) is 18.5 Å². The van der Waals surface area contributed by atoms with Gasteiger partial charge in [0, 0.05) is 28.4 Å². The molecule has 0 saturated heterocycles. The quantitative estimate of drug-likeness (QED) is 0.445. The van der Waals surface area contributed by atoms with E-state index in [4.69, 9.17) is 0 Å². The number of pyridine rings is 1. The molecule has 2 N–H and O–H groups in total. The molecule has 29 heavy (non-hydrogen) atoms. The summed E-state index contributed by atoms with van der Waals surface area (Å²) in [6.07, 6.45) is 3.75. The van der Waals surface area contributed by atoms with Gasteiger partial charge in [0.15, 0.2) is 5.82 Å². The molecule has 2 aromatic carbocycles. The summed E-state index contributed by atoms with van der Waals surface area (Å²) in [6.45, 7) is 0. The third-order valence-electron chi connectivity index (χ3n) is 4.81. The molecule has 0 saturated carbocycles. The number of aliphatic hydroxyl groups excluding tert-OH is 1. The van der Waals surface area contributed by atoms with E-state index in [1.807, 2.05) is 42.5 Å². The van der Waals surface area contributed by atoms with Gasteiger partial charge in [-0.15, -0.1) is 21.5 Å². The zero-order valence-corrected chi connectivity index (χ0v) is 15.9. The minimum Gasteiger partial charge on any atom is -0.383 e. The van der Waals surface area contributed by atoms with Gasteiger partial charge in [0.25, 0.3) is 0 Å². The first-order valence-corrected chi connectivity index (χ1v) is 9.79. The number of aromatic nitrogens is 4. The molecule has 0 radical (unpaired) electrons. The summed E-state index contributed by atoms with van der Waals surface area (Å²) in [5.74, 6) is 0.0851. The second-order valence-electron chi connectivity index (χ2n) is 6.59. The number of thiophene rings is 1. The number of nitrogens with zero attached hydrogens (tertiary/aromatic N) is 3. The first-order chi connectivity index (χ1) is 14.2. The van der Waals surface area contributed by atoms with Crippen molar-refractivity contribution in [3.8, 4) is 21.1 Å². The molecule has 3 aromatic heterocycles. The van der Waals surface area contributed by atoms with Gasteiger partial charge in [-0.3, -0.25) is 4.98 Å². The Morgan fingerprint density at radius 1 is 0.966 bits per heavy atom. The van der Waals surface area contributed by atoms with E-state index in [9.17, 15) is 9.50 Å². The van der Waals surface area contributed by atoms with Crippen molar-refractivity contribution >= 4 is 22.1 Å². The van der Waals surface area contributed by atoms with E-state index < -0.39 is 11.9 Å². The van der Waals surface area contributed by atoms with Crippen molar-refractivity contribution in [2.45, 2.75) is 6.10 Å². The molecule has 0 aliphatic carbocycles. The average molecular weight is 402 g/mol. The number of fused-ring (bicyclic) bond motifs is 1. The van der Waals surface area contributed by atoms with Crippen LogP contribution < -0.4 is 0 Å². The molecule has 0 aliphatic heterocycles. The maximum Gasteiger partial charge on any atom is 0.171 e. The number of rotatable bonds is 4. The molecule has 0 spiro atoms. The van der Waals surface area contributed by atoms with Crippen molar-refractivity contribution in [3.63, 3.8) is 0 Å². The van der Waals surface area contributed by atoms with Gasteiger partial charge in [-0.25, -0.2) is 4.39 Å². The lowest BCUT2D eigenvalue weighted by molar-refractivity contribution is 0.216. The van der Waals surface area contributed by atoms with Crippen molar-refractivity contribution in [2.24, 2.45) is 0 Å². The van der Waals surface area contributed by atoms with Crippen LogP contribution in [0.1, 0.15) is 17.2 Å². The lowest BCUT2D eigenvalue weighted by Crippen LogP contribution is -2.03. The monoisotopic (exact) mass is 402 g/mol. The SMILES string of the molecule is OC(c1cc2ccccc2cc1F)c1cc(-c2ccncc2)sc1-c1nnc[nH]1. The highest BCUT2D eigenvalue weighted by Crippen LogP contribution is 2.42. The molecule has 0 amide bonds. The van der Waals surface area contributed by atoms with Gasteiger partial charge in [0.1, 0.15) is 18.2 Å². The van der Waals surface area contributed by atoms with Crippen molar-refractivity contribution in [3.05, 3.63) is 90.3 Å². The fourth-order valence-electron chi connectivity index (χ4n) is 3.38. The van der Waals surface area contributed by atoms with Crippen LogP contribution in [0, 0.1) is 5.82 Å². The summed E-state index contributed by atoms with van der Waals surface area (Å²) in [6, 6.07) is 16.3. The van der Waals surface area contributed by atoms with Gasteiger partial charge >= 0.3 is 0 Å². The largest absolute Gasteiger partial charge is 0.383 e. The third kappa shape index (κ3) is 3.20. The summed E-state index contributed by atoms with van der Waals surface area (Å²) in [5.41, 5.74) is 1.76. The maximum absolute atomic E-state index is 14.9. The van der Waals surface area contributed by atoms with Crippen LogP contribution in [-0.4, -0.2) is 25.3 Å². The molecular weight excluding hydrogens is 387 g/mol. The van der Waals surface area contributed by atoms with E-state index in [0.29, 0.717) is 11.4 Å². The summed E-state index contributed by atoms with van der Waals surface area (Å²) < 4.78 is 14.9. The van der Waals surface area contributed by atoms with E-state index in [1.165, 1.54) is 23.7 Å². The molecule has 3 heterocycles. The normalized spacial score (nSPS) is 12.3. The van der Waals surface area contributed by atoms with Crippen molar-refractivity contribution in [1.29, 1.82) is 0 Å². The first kappa shape index (κ1) is 17.7. The van der Waals surface area contributed by atoms with Gasteiger partial charge in [0.05, 0.1) is 4.88 Å². The van der Waals surface area contributed by atoms with Gasteiger partial charge < -0.3 is 10.1 Å². The second-order valence-corrected chi connectivity index (χ2v) is 7.64. The first-order valence-electron chi connectivity index (χ1n) is 8.97. The van der Waals surface area contributed by atoms with Crippen LogP contribution in [0.15, 0.2) is 73.3 Å². The van der Waals surface area contributed by atoms with Crippen molar-refractivity contribution in [2.75, 3.05) is 0 Å². The third-order valence-corrected chi connectivity index (χ3v) is 6.02. The Morgan fingerprint density at radius 2 is 1.72 bits per heavy atom. The zero-order valence-electron chi connectivity index (χ0n) is 15.1. The minimum absolute atomic E-state index is 0.226. The highest BCUT2D eigenvalue weighted by molar-refractivity contribution is 7.19. The van der Waals surface area contributed by atoms with Gasteiger partial charge in [-0.1, -0.05) is 24.3 Å². The predicted octanol–water partition coefficient (Wildman–Crippen LogP) is 4.97. The molecule has 1 atom stereocenters. The second kappa shape index (κ2) is 7.20. The molecule has 0 bridgehead atoms. The standard InChI is InChI=1S/C22H15FN4OS/c23-18-10-15-4-2-1-3-14(15)9-16(18)20(28)17-11-19(13-5-7-24-8-6-13)29-21(17)22-25-12-26-27-22/h1-12,20,28H,(H,25,26,27).